The highest BCUT2D eigenvalue weighted by atomic mass is 32.1. The summed E-state index contributed by atoms with van der Waals surface area (Å²) in [5.41, 5.74) is 6.67. The lowest BCUT2D eigenvalue weighted by molar-refractivity contribution is -0.118. The maximum Gasteiger partial charge on any atom is 0.346 e. The van der Waals surface area contributed by atoms with Crippen molar-refractivity contribution in [1.29, 1.82) is 0 Å². The van der Waals surface area contributed by atoms with Gasteiger partial charge in [0.1, 0.15) is 20.8 Å². The highest BCUT2D eigenvalue weighted by Gasteiger charge is 2.27. The molecule has 0 saturated carbocycles. The van der Waals surface area contributed by atoms with Crippen molar-refractivity contribution in [1.82, 2.24) is 9.55 Å². The SMILES string of the molecule is Cc1c(C(=O)O)sc2ncn(C(C)C(=O)Nc3sc4c(c3C(N)=O)CCCC4)c(=O)c12. The number of primary amides is 1. The third-order valence-corrected chi connectivity index (χ3v) is 7.92. The minimum Gasteiger partial charge on any atom is -0.477 e. The Morgan fingerprint density at radius 1 is 1.26 bits per heavy atom. The maximum absolute atomic E-state index is 13.0. The van der Waals surface area contributed by atoms with Crippen molar-refractivity contribution in [3.63, 3.8) is 0 Å². The predicted molar refractivity (Wildman–Crippen MR) is 118 cm³/mol. The smallest absolute Gasteiger partial charge is 0.346 e. The number of aryl methyl sites for hydroxylation is 2. The summed E-state index contributed by atoms with van der Waals surface area (Å²) >= 11 is 2.27. The van der Waals surface area contributed by atoms with Crippen molar-refractivity contribution in [3.05, 3.63) is 43.1 Å². The normalized spacial score (nSPS) is 14.3. The number of aromatic nitrogens is 2. The second-order valence-electron chi connectivity index (χ2n) is 7.44. The van der Waals surface area contributed by atoms with Crippen LogP contribution in [0.2, 0.25) is 0 Å². The van der Waals surface area contributed by atoms with Crippen LogP contribution in [-0.4, -0.2) is 32.4 Å². The molecule has 4 N–H and O–H groups in total. The lowest BCUT2D eigenvalue weighted by Gasteiger charge is -2.15. The fourth-order valence-corrected chi connectivity index (χ4v) is 6.15. The molecule has 31 heavy (non-hydrogen) atoms. The fraction of sp³-hybridized carbons (Fsp3) is 0.350. The lowest BCUT2D eigenvalue weighted by atomic mass is 9.95. The van der Waals surface area contributed by atoms with Gasteiger partial charge in [0, 0.05) is 4.88 Å². The van der Waals surface area contributed by atoms with E-state index >= 15 is 0 Å². The van der Waals surface area contributed by atoms with Crippen molar-refractivity contribution < 1.29 is 19.5 Å². The van der Waals surface area contributed by atoms with E-state index in [-0.39, 0.29) is 10.3 Å². The van der Waals surface area contributed by atoms with Gasteiger partial charge in [0.05, 0.1) is 17.3 Å². The van der Waals surface area contributed by atoms with E-state index < -0.39 is 29.4 Å². The molecule has 0 saturated heterocycles. The molecule has 0 fully saturated rings. The van der Waals surface area contributed by atoms with E-state index in [1.165, 1.54) is 22.2 Å². The molecule has 4 rings (SSSR count). The van der Waals surface area contributed by atoms with Crippen molar-refractivity contribution in [2.45, 2.75) is 45.6 Å². The van der Waals surface area contributed by atoms with Crippen LogP contribution < -0.4 is 16.6 Å². The molecule has 9 nitrogen and oxygen atoms in total. The molecule has 1 aliphatic rings. The number of nitrogens with zero attached hydrogens (tertiary/aromatic N) is 2. The van der Waals surface area contributed by atoms with Gasteiger partial charge in [-0.1, -0.05) is 0 Å². The molecule has 1 aliphatic carbocycles. The Kier molecular flexibility index (Phi) is 5.40. The van der Waals surface area contributed by atoms with E-state index in [2.05, 4.69) is 10.3 Å². The largest absolute Gasteiger partial charge is 0.477 e. The fourth-order valence-electron chi connectivity index (χ4n) is 3.87. The molecule has 1 atom stereocenters. The van der Waals surface area contributed by atoms with E-state index in [1.807, 2.05) is 0 Å². The quantitative estimate of drug-likeness (QED) is 0.534. The number of hydrogen-bond donors (Lipinski definition) is 3. The summed E-state index contributed by atoms with van der Waals surface area (Å²) in [4.78, 5) is 55.0. The highest BCUT2D eigenvalue weighted by molar-refractivity contribution is 7.20. The first-order chi connectivity index (χ1) is 14.7. The van der Waals surface area contributed by atoms with Gasteiger partial charge in [-0.3, -0.25) is 19.0 Å². The summed E-state index contributed by atoms with van der Waals surface area (Å²) in [6.45, 7) is 3.09. The molecule has 3 heterocycles. The number of carboxylic acid groups (broad SMARTS) is 1. The van der Waals surface area contributed by atoms with Gasteiger partial charge < -0.3 is 16.2 Å². The Bertz CT molecular complexity index is 1300. The van der Waals surface area contributed by atoms with Crippen LogP contribution in [-0.2, 0) is 17.6 Å². The van der Waals surface area contributed by atoms with Crippen molar-refractivity contribution >= 4 is 55.7 Å². The molecule has 2 amide bonds. The summed E-state index contributed by atoms with van der Waals surface area (Å²) < 4.78 is 1.17. The van der Waals surface area contributed by atoms with Crippen LogP contribution >= 0.6 is 22.7 Å². The molecular formula is C20H20N4O5S2. The monoisotopic (exact) mass is 460 g/mol. The first-order valence-electron chi connectivity index (χ1n) is 9.69. The summed E-state index contributed by atoms with van der Waals surface area (Å²) in [5, 5.41) is 12.7. The Labute approximate surface area is 184 Å². The first kappa shape index (κ1) is 21.2. The second-order valence-corrected chi connectivity index (χ2v) is 9.55. The third-order valence-electron chi connectivity index (χ3n) is 5.52. The average molecular weight is 461 g/mol. The minimum atomic E-state index is -1.13. The summed E-state index contributed by atoms with van der Waals surface area (Å²) in [6, 6.07) is -0.933. The van der Waals surface area contributed by atoms with Gasteiger partial charge in [-0.05, 0) is 50.7 Å². The second kappa shape index (κ2) is 7.89. The highest BCUT2D eigenvalue weighted by Crippen LogP contribution is 2.38. The Morgan fingerprint density at radius 2 is 1.97 bits per heavy atom. The number of aromatic carboxylic acids is 1. The molecule has 0 radical (unpaired) electrons. The number of nitrogens with one attached hydrogen (secondary N) is 1. The van der Waals surface area contributed by atoms with Gasteiger partial charge >= 0.3 is 5.97 Å². The zero-order chi connectivity index (χ0) is 22.4. The Balaban J connectivity index is 1.69. The molecule has 0 bridgehead atoms. The molecule has 0 aliphatic heterocycles. The Morgan fingerprint density at radius 3 is 2.65 bits per heavy atom. The zero-order valence-corrected chi connectivity index (χ0v) is 18.5. The molecule has 162 valence electrons. The summed E-state index contributed by atoms with van der Waals surface area (Å²) in [5.74, 6) is -2.20. The summed E-state index contributed by atoms with van der Waals surface area (Å²) in [7, 11) is 0. The van der Waals surface area contributed by atoms with Crippen LogP contribution in [0.1, 0.15) is 61.8 Å². The van der Waals surface area contributed by atoms with E-state index in [1.54, 1.807) is 13.8 Å². The van der Waals surface area contributed by atoms with Crippen LogP contribution in [0.5, 0.6) is 0 Å². The number of nitrogens with two attached hydrogens (primary N) is 1. The van der Waals surface area contributed by atoms with E-state index in [0.717, 1.165) is 47.5 Å². The number of amides is 2. The number of rotatable bonds is 5. The number of fused-ring (bicyclic) bond motifs is 2. The molecule has 1 unspecified atom stereocenters. The maximum atomic E-state index is 13.0. The van der Waals surface area contributed by atoms with Crippen LogP contribution in [0, 0.1) is 6.92 Å². The molecule has 11 heteroatoms. The van der Waals surface area contributed by atoms with Gasteiger partial charge in [-0.15, -0.1) is 22.7 Å². The van der Waals surface area contributed by atoms with Gasteiger partial charge in [0.2, 0.25) is 5.91 Å². The zero-order valence-electron chi connectivity index (χ0n) is 16.9. The van der Waals surface area contributed by atoms with Crippen molar-refractivity contribution in [2.75, 3.05) is 5.32 Å². The van der Waals surface area contributed by atoms with Gasteiger partial charge in [0.15, 0.2) is 0 Å². The first-order valence-corrected chi connectivity index (χ1v) is 11.3. The molecule has 0 aromatic carbocycles. The Hall–Kier alpha value is -3.05. The molecule has 3 aromatic heterocycles. The number of thiophene rings is 2. The van der Waals surface area contributed by atoms with Crippen molar-refractivity contribution in [3.8, 4) is 0 Å². The van der Waals surface area contributed by atoms with Gasteiger partial charge in [0.25, 0.3) is 11.5 Å². The van der Waals surface area contributed by atoms with Gasteiger partial charge in [-0.2, -0.15) is 0 Å². The van der Waals surface area contributed by atoms with Crippen molar-refractivity contribution in [2.24, 2.45) is 5.73 Å². The molecule has 3 aromatic rings. The lowest BCUT2D eigenvalue weighted by Crippen LogP contribution is -2.32. The standard InChI is InChI=1S/C20H20N4O5S2/c1-8-12-17(31-14(8)20(28)29)22-7-24(19(12)27)9(2)16(26)23-18-13(15(21)25)10-5-3-4-6-11(10)30-18/h7,9H,3-6H2,1-2H3,(H2,21,25)(H,23,26)(H,28,29). The number of carbonyl (C=O) groups is 3. The minimum absolute atomic E-state index is 0.0460. The van der Waals surface area contributed by atoms with Crippen LogP contribution in [0.3, 0.4) is 0 Å². The number of carbonyl (C=O) groups excluding carboxylic acids is 2. The molecular weight excluding hydrogens is 440 g/mol. The topological polar surface area (TPSA) is 144 Å². The number of carboxylic acids is 1. The van der Waals surface area contributed by atoms with Crippen LogP contribution in [0.25, 0.3) is 10.2 Å². The van der Waals surface area contributed by atoms with E-state index in [9.17, 15) is 24.3 Å². The van der Waals surface area contributed by atoms with Gasteiger partial charge in [-0.25, -0.2) is 9.78 Å². The predicted octanol–water partition coefficient (Wildman–Crippen LogP) is 2.70. The number of hydrogen-bond acceptors (Lipinski definition) is 7. The van der Waals surface area contributed by atoms with E-state index in [4.69, 9.17) is 5.73 Å². The van der Waals surface area contributed by atoms with E-state index in [0.29, 0.717) is 21.0 Å². The van der Waals surface area contributed by atoms with Crippen LogP contribution in [0.15, 0.2) is 11.1 Å². The number of anilines is 1. The van der Waals surface area contributed by atoms with Crippen LogP contribution in [0.4, 0.5) is 5.00 Å². The third kappa shape index (κ3) is 3.53. The molecule has 0 spiro atoms. The summed E-state index contributed by atoms with van der Waals surface area (Å²) in [6.07, 6.45) is 4.82. The average Bonchev–Trinajstić information content (AvgIpc) is 3.25.